The molecular weight excluding hydrogens is 519 g/mol. The first-order valence-electron chi connectivity index (χ1n) is 12.4. The number of aliphatic carboxylic acids is 1. The topological polar surface area (TPSA) is 74.2 Å². The van der Waals surface area contributed by atoms with Crippen LogP contribution in [0.4, 0.5) is 4.39 Å². The van der Waals surface area contributed by atoms with Crippen molar-refractivity contribution in [3.8, 4) is 0 Å². The third kappa shape index (κ3) is 4.59. The van der Waals surface area contributed by atoms with Crippen LogP contribution in [-0.2, 0) is 17.8 Å². The SMILES string of the molecule is CN1C(CSc2nc3ccccc3n2Cc2ccccc2)SCC1(Cc1cc2ccc(F)cc2[nH]1)C(=O)O. The van der Waals surface area contributed by atoms with E-state index in [4.69, 9.17) is 4.98 Å². The summed E-state index contributed by atoms with van der Waals surface area (Å²) in [6, 6.07) is 25.0. The molecule has 2 aromatic heterocycles. The number of hydrogen-bond donors (Lipinski definition) is 2. The number of H-pyrrole nitrogens is 1. The lowest BCUT2D eigenvalue weighted by Gasteiger charge is -2.33. The van der Waals surface area contributed by atoms with E-state index < -0.39 is 11.5 Å². The molecule has 3 aromatic carbocycles. The average molecular weight is 547 g/mol. The van der Waals surface area contributed by atoms with Gasteiger partial charge in [0.15, 0.2) is 5.16 Å². The molecule has 0 amide bonds. The number of carboxylic acids is 1. The first-order chi connectivity index (χ1) is 18.4. The Labute approximate surface area is 228 Å². The molecule has 0 radical (unpaired) electrons. The second-order valence-corrected chi connectivity index (χ2v) is 11.8. The van der Waals surface area contributed by atoms with Crippen molar-refractivity contribution in [3.63, 3.8) is 0 Å². The van der Waals surface area contributed by atoms with Gasteiger partial charge in [0, 0.05) is 29.1 Å². The van der Waals surface area contributed by atoms with Gasteiger partial charge in [-0.15, -0.1) is 11.8 Å². The minimum Gasteiger partial charge on any atom is -0.480 e. The molecule has 0 aliphatic carbocycles. The first-order valence-corrected chi connectivity index (χ1v) is 14.4. The summed E-state index contributed by atoms with van der Waals surface area (Å²) in [5.41, 5.74) is 3.65. The van der Waals surface area contributed by atoms with E-state index in [0.29, 0.717) is 23.4 Å². The average Bonchev–Trinajstić information content (AvgIpc) is 3.57. The summed E-state index contributed by atoms with van der Waals surface area (Å²) in [6.07, 6.45) is 0.315. The number of nitrogens with zero attached hydrogens (tertiary/aromatic N) is 3. The highest BCUT2D eigenvalue weighted by Gasteiger charge is 2.51. The zero-order valence-electron chi connectivity index (χ0n) is 20.8. The van der Waals surface area contributed by atoms with E-state index in [0.717, 1.165) is 33.8 Å². The summed E-state index contributed by atoms with van der Waals surface area (Å²) < 4.78 is 15.9. The largest absolute Gasteiger partial charge is 0.480 e. The summed E-state index contributed by atoms with van der Waals surface area (Å²) in [5, 5.41) is 12.2. The van der Waals surface area contributed by atoms with Crippen molar-refractivity contribution in [3.05, 3.63) is 95.9 Å². The second kappa shape index (κ2) is 10.1. The number of aromatic nitrogens is 3. The highest BCUT2D eigenvalue weighted by atomic mass is 32.2. The first kappa shape index (κ1) is 25.0. The molecule has 2 atom stereocenters. The van der Waals surface area contributed by atoms with Crippen LogP contribution in [0.1, 0.15) is 11.3 Å². The van der Waals surface area contributed by atoms with Crippen molar-refractivity contribution in [2.24, 2.45) is 0 Å². The van der Waals surface area contributed by atoms with Gasteiger partial charge < -0.3 is 14.7 Å². The Balaban J connectivity index is 1.23. The van der Waals surface area contributed by atoms with E-state index in [9.17, 15) is 14.3 Å². The molecule has 0 spiro atoms. The Morgan fingerprint density at radius 1 is 1.16 bits per heavy atom. The van der Waals surface area contributed by atoms with Gasteiger partial charge in [0.1, 0.15) is 11.4 Å². The van der Waals surface area contributed by atoms with Crippen LogP contribution in [0.3, 0.4) is 0 Å². The smallest absolute Gasteiger partial charge is 0.325 e. The fourth-order valence-corrected chi connectivity index (χ4v) is 8.05. The molecule has 38 heavy (non-hydrogen) atoms. The summed E-state index contributed by atoms with van der Waals surface area (Å²) >= 11 is 3.33. The number of likely N-dealkylation sites (N-methyl/N-ethyl adjacent to an activating group) is 1. The van der Waals surface area contributed by atoms with Gasteiger partial charge in [-0.25, -0.2) is 9.37 Å². The van der Waals surface area contributed by atoms with Crippen molar-refractivity contribution in [1.29, 1.82) is 0 Å². The van der Waals surface area contributed by atoms with E-state index in [1.807, 2.05) is 54.4 Å². The summed E-state index contributed by atoms with van der Waals surface area (Å²) in [6.45, 7) is 0.720. The molecule has 6 nitrogen and oxygen atoms in total. The van der Waals surface area contributed by atoms with Gasteiger partial charge in [-0.05, 0) is 54.4 Å². The van der Waals surface area contributed by atoms with Gasteiger partial charge in [0.25, 0.3) is 0 Å². The van der Waals surface area contributed by atoms with Crippen LogP contribution in [0.15, 0.2) is 84.0 Å². The van der Waals surface area contributed by atoms with Crippen molar-refractivity contribution in [2.45, 2.75) is 29.0 Å². The fraction of sp³-hybridized carbons (Fsp3) is 0.241. The minimum atomic E-state index is -1.06. The summed E-state index contributed by atoms with van der Waals surface area (Å²) in [5.74, 6) is 0.00406. The van der Waals surface area contributed by atoms with Gasteiger partial charge in [0.2, 0.25) is 0 Å². The Kier molecular flexibility index (Phi) is 6.67. The number of thioether (sulfide) groups is 2. The van der Waals surface area contributed by atoms with E-state index in [2.05, 4.69) is 27.8 Å². The minimum absolute atomic E-state index is 0.00269. The number of para-hydroxylation sites is 2. The zero-order valence-corrected chi connectivity index (χ0v) is 22.4. The van der Waals surface area contributed by atoms with E-state index in [-0.39, 0.29) is 11.2 Å². The summed E-state index contributed by atoms with van der Waals surface area (Å²) in [4.78, 5) is 22.8. The quantitative estimate of drug-likeness (QED) is 0.237. The van der Waals surface area contributed by atoms with Crippen molar-refractivity contribution in [2.75, 3.05) is 18.6 Å². The number of benzene rings is 3. The lowest BCUT2D eigenvalue weighted by Crippen LogP contribution is -2.54. The molecule has 3 heterocycles. The van der Waals surface area contributed by atoms with E-state index in [1.54, 1.807) is 29.6 Å². The van der Waals surface area contributed by atoms with Crippen LogP contribution in [0.5, 0.6) is 0 Å². The summed E-state index contributed by atoms with van der Waals surface area (Å²) in [7, 11) is 1.90. The molecule has 1 aliphatic heterocycles. The van der Waals surface area contributed by atoms with Crippen LogP contribution < -0.4 is 0 Å². The van der Waals surface area contributed by atoms with Gasteiger partial charge >= 0.3 is 5.97 Å². The Hall–Kier alpha value is -3.27. The van der Waals surface area contributed by atoms with Gasteiger partial charge in [-0.2, -0.15) is 0 Å². The second-order valence-electron chi connectivity index (χ2n) is 9.68. The van der Waals surface area contributed by atoms with Crippen molar-refractivity contribution < 1.29 is 14.3 Å². The van der Waals surface area contributed by atoms with Crippen molar-refractivity contribution >= 4 is 51.4 Å². The normalized spacial score (nSPS) is 20.0. The fourth-order valence-electron chi connectivity index (χ4n) is 5.15. The monoisotopic (exact) mass is 546 g/mol. The number of aromatic amines is 1. The molecule has 9 heteroatoms. The molecule has 6 rings (SSSR count). The number of imidazole rings is 1. The van der Waals surface area contributed by atoms with Gasteiger partial charge in [0.05, 0.1) is 23.0 Å². The number of rotatable bonds is 8. The molecule has 2 N–H and O–H groups in total. The van der Waals surface area contributed by atoms with E-state index >= 15 is 0 Å². The van der Waals surface area contributed by atoms with Crippen molar-refractivity contribution in [1.82, 2.24) is 19.4 Å². The Morgan fingerprint density at radius 3 is 2.76 bits per heavy atom. The van der Waals surface area contributed by atoms with E-state index in [1.165, 1.54) is 17.7 Å². The molecule has 2 unspecified atom stereocenters. The number of carboxylic acid groups (broad SMARTS) is 1. The van der Waals surface area contributed by atoms with Crippen LogP contribution in [0.25, 0.3) is 21.9 Å². The maximum atomic E-state index is 13.7. The molecule has 194 valence electrons. The van der Waals surface area contributed by atoms with Crippen LogP contribution >= 0.6 is 23.5 Å². The molecule has 1 saturated heterocycles. The number of halogens is 1. The molecule has 5 aromatic rings. The zero-order chi connectivity index (χ0) is 26.3. The molecule has 1 aliphatic rings. The maximum absolute atomic E-state index is 13.7. The lowest BCUT2D eigenvalue weighted by atomic mass is 9.94. The highest BCUT2D eigenvalue weighted by Crippen LogP contribution is 2.41. The molecule has 0 bridgehead atoms. The predicted molar refractivity (Wildman–Crippen MR) is 152 cm³/mol. The van der Waals surface area contributed by atoms with Gasteiger partial charge in [-0.3, -0.25) is 9.69 Å². The predicted octanol–water partition coefficient (Wildman–Crippen LogP) is 5.87. The number of carbonyl (C=O) groups is 1. The molecular formula is C29H27FN4O2S2. The maximum Gasteiger partial charge on any atom is 0.325 e. The van der Waals surface area contributed by atoms with Crippen LogP contribution in [0.2, 0.25) is 0 Å². The Morgan fingerprint density at radius 2 is 1.95 bits per heavy atom. The number of fused-ring (bicyclic) bond motifs is 2. The van der Waals surface area contributed by atoms with Crippen LogP contribution in [-0.4, -0.2) is 60.0 Å². The van der Waals surface area contributed by atoms with Gasteiger partial charge in [-0.1, -0.05) is 54.2 Å². The standard InChI is InChI=1S/C29H27FN4O2S2/c1-33-26(38-18-29(33,27(35)36)15-22-13-20-11-12-21(30)14-24(20)31-22)17-37-28-32-23-9-5-6-10-25(23)34(28)16-19-7-3-2-4-8-19/h2-14,26,31H,15-18H2,1H3,(H,35,36). The number of nitrogens with one attached hydrogen (secondary N) is 1. The molecule has 0 saturated carbocycles. The Bertz CT molecular complexity index is 1620. The lowest BCUT2D eigenvalue weighted by molar-refractivity contribution is -0.148. The van der Waals surface area contributed by atoms with Crippen LogP contribution in [0, 0.1) is 5.82 Å². The number of hydrogen-bond acceptors (Lipinski definition) is 5. The third-order valence-corrected chi connectivity index (χ3v) is 10.1. The molecule has 1 fully saturated rings. The third-order valence-electron chi connectivity index (χ3n) is 7.30. The highest BCUT2D eigenvalue weighted by molar-refractivity contribution is 8.03.